The summed E-state index contributed by atoms with van der Waals surface area (Å²) in [7, 11) is 1.53. The maximum absolute atomic E-state index is 12.8. The topological polar surface area (TPSA) is 81.4 Å². The summed E-state index contributed by atoms with van der Waals surface area (Å²) >= 11 is 1.47. The summed E-state index contributed by atoms with van der Waals surface area (Å²) in [5.41, 5.74) is 7.76. The van der Waals surface area contributed by atoms with Crippen LogP contribution in [0.15, 0.2) is 24.3 Å². The van der Waals surface area contributed by atoms with Crippen LogP contribution in [-0.2, 0) is 12.8 Å². The van der Waals surface area contributed by atoms with Crippen LogP contribution in [0.5, 0.6) is 5.75 Å². The van der Waals surface area contributed by atoms with Gasteiger partial charge in [-0.05, 0) is 48.3 Å². The van der Waals surface area contributed by atoms with Gasteiger partial charge in [-0.15, -0.1) is 11.3 Å². The lowest BCUT2D eigenvalue weighted by Gasteiger charge is -2.33. The molecule has 0 unspecified atom stereocenters. The third-order valence-corrected chi connectivity index (χ3v) is 6.48. The third-order valence-electron chi connectivity index (χ3n) is 5.32. The van der Waals surface area contributed by atoms with Crippen LogP contribution in [0, 0.1) is 11.3 Å². The maximum Gasteiger partial charge on any atom is 0.260 e. The van der Waals surface area contributed by atoms with Crippen LogP contribution in [0.1, 0.15) is 58.3 Å². The SMILES string of the molecule is COc1ccccc1C(=O)Nc1sc2c(c1C(N)=O)CC[C@H](C(C)(C)C)C2. The Hall–Kier alpha value is -2.34. The molecule has 1 aromatic carbocycles. The molecular formula is C21H26N2O3S. The highest BCUT2D eigenvalue weighted by molar-refractivity contribution is 7.17. The number of carbonyl (C=O) groups is 2. The van der Waals surface area contributed by atoms with Gasteiger partial charge in [-0.3, -0.25) is 9.59 Å². The molecule has 0 fully saturated rings. The first-order valence-corrected chi connectivity index (χ1v) is 9.92. The molecule has 2 aromatic rings. The van der Waals surface area contributed by atoms with Gasteiger partial charge in [0.25, 0.3) is 11.8 Å². The van der Waals surface area contributed by atoms with Crippen molar-refractivity contribution >= 4 is 28.2 Å². The molecule has 3 N–H and O–H groups in total. The highest BCUT2D eigenvalue weighted by Crippen LogP contribution is 2.44. The number of hydrogen-bond donors (Lipinski definition) is 2. The lowest BCUT2D eigenvalue weighted by atomic mass is 9.72. The highest BCUT2D eigenvalue weighted by atomic mass is 32.1. The molecule has 5 nitrogen and oxygen atoms in total. The predicted octanol–water partition coefficient (Wildman–Crippen LogP) is 4.26. The largest absolute Gasteiger partial charge is 0.496 e. The van der Waals surface area contributed by atoms with Crippen LogP contribution in [0.3, 0.4) is 0 Å². The predicted molar refractivity (Wildman–Crippen MR) is 109 cm³/mol. The van der Waals surface area contributed by atoms with E-state index in [2.05, 4.69) is 26.1 Å². The number of carbonyl (C=O) groups excluding carboxylic acids is 2. The zero-order valence-corrected chi connectivity index (χ0v) is 17.0. The molecule has 0 saturated heterocycles. The number of rotatable bonds is 4. The Balaban J connectivity index is 1.94. The Kier molecular flexibility index (Phi) is 5.29. The summed E-state index contributed by atoms with van der Waals surface area (Å²) in [6.07, 6.45) is 2.75. The van der Waals surface area contributed by atoms with Crippen molar-refractivity contribution in [3.8, 4) is 5.75 Å². The van der Waals surface area contributed by atoms with Gasteiger partial charge in [0.15, 0.2) is 0 Å². The number of nitrogens with one attached hydrogen (secondary N) is 1. The van der Waals surface area contributed by atoms with Crippen molar-refractivity contribution in [2.24, 2.45) is 17.1 Å². The Morgan fingerprint density at radius 2 is 1.96 bits per heavy atom. The number of para-hydroxylation sites is 1. The monoisotopic (exact) mass is 386 g/mol. The highest BCUT2D eigenvalue weighted by Gasteiger charge is 2.33. The molecule has 1 aromatic heterocycles. The molecule has 0 aliphatic heterocycles. The van der Waals surface area contributed by atoms with Gasteiger partial charge in [-0.25, -0.2) is 0 Å². The second kappa shape index (κ2) is 7.35. The standard InChI is InChI=1S/C21H26N2O3S/c1-21(2,3)12-9-10-14-16(11-12)27-20(17(14)18(22)24)23-19(25)13-7-5-6-8-15(13)26-4/h5-8,12H,9-11H2,1-4H3,(H2,22,24)(H,23,25)/t12-/m0/s1. The number of benzene rings is 1. The van der Waals surface area contributed by atoms with Crippen molar-refractivity contribution in [1.29, 1.82) is 0 Å². The zero-order chi connectivity index (χ0) is 19.8. The van der Waals surface area contributed by atoms with E-state index in [0.29, 0.717) is 27.8 Å². The minimum Gasteiger partial charge on any atom is -0.496 e. The molecule has 0 bridgehead atoms. The van der Waals surface area contributed by atoms with E-state index in [4.69, 9.17) is 10.5 Å². The number of hydrogen-bond acceptors (Lipinski definition) is 4. The molecule has 0 radical (unpaired) electrons. The molecule has 0 saturated carbocycles. The molecule has 144 valence electrons. The first kappa shape index (κ1) is 19.4. The molecule has 1 aliphatic rings. The molecular weight excluding hydrogens is 360 g/mol. The van der Waals surface area contributed by atoms with E-state index in [0.717, 1.165) is 29.7 Å². The van der Waals surface area contributed by atoms with E-state index >= 15 is 0 Å². The lowest BCUT2D eigenvalue weighted by Crippen LogP contribution is -2.27. The van der Waals surface area contributed by atoms with Crippen molar-refractivity contribution < 1.29 is 14.3 Å². The fourth-order valence-corrected chi connectivity index (χ4v) is 5.00. The van der Waals surface area contributed by atoms with E-state index in [9.17, 15) is 9.59 Å². The zero-order valence-electron chi connectivity index (χ0n) is 16.2. The number of fused-ring (bicyclic) bond motifs is 1. The van der Waals surface area contributed by atoms with E-state index < -0.39 is 5.91 Å². The van der Waals surface area contributed by atoms with E-state index in [1.54, 1.807) is 24.3 Å². The number of amides is 2. The molecule has 3 rings (SSSR count). The minimum atomic E-state index is -0.489. The molecule has 6 heteroatoms. The number of ether oxygens (including phenoxy) is 1. The first-order chi connectivity index (χ1) is 12.7. The van der Waals surface area contributed by atoms with Gasteiger partial charge in [-0.1, -0.05) is 32.9 Å². The van der Waals surface area contributed by atoms with Gasteiger partial charge in [0.2, 0.25) is 0 Å². The number of methoxy groups -OCH3 is 1. The third kappa shape index (κ3) is 3.86. The molecule has 1 aliphatic carbocycles. The van der Waals surface area contributed by atoms with Crippen molar-refractivity contribution in [3.63, 3.8) is 0 Å². The summed E-state index contributed by atoms with van der Waals surface area (Å²) in [6.45, 7) is 6.74. The molecule has 1 atom stereocenters. The van der Waals surface area contributed by atoms with Gasteiger partial charge in [0.05, 0.1) is 18.2 Å². The van der Waals surface area contributed by atoms with Gasteiger partial charge in [0.1, 0.15) is 10.8 Å². The van der Waals surface area contributed by atoms with Crippen molar-refractivity contribution in [3.05, 3.63) is 45.8 Å². The quantitative estimate of drug-likeness (QED) is 0.824. The maximum atomic E-state index is 12.8. The van der Waals surface area contributed by atoms with E-state index in [-0.39, 0.29) is 11.3 Å². The van der Waals surface area contributed by atoms with Crippen LogP contribution in [-0.4, -0.2) is 18.9 Å². The van der Waals surface area contributed by atoms with Crippen LogP contribution < -0.4 is 15.8 Å². The fraction of sp³-hybridized carbons (Fsp3) is 0.429. The van der Waals surface area contributed by atoms with E-state index in [1.807, 2.05) is 0 Å². The van der Waals surface area contributed by atoms with Crippen LogP contribution in [0.4, 0.5) is 5.00 Å². The summed E-state index contributed by atoms with van der Waals surface area (Å²) in [4.78, 5) is 26.1. The molecule has 0 spiro atoms. The smallest absolute Gasteiger partial charge is 0.260 e. The Morgan fingerprint density at radius 1 is 1.26 bits per heavy atom. The van der Waals surface area contributed by atoms with Gasteiger partial charge >= 0.3 is 0 Å². The lowest BCUT2D eigenvalue weighted by molar-refractivity contribution is 0.1000. The number of thiophene rings is 1. The molecule has 2 amide bonds. The number of nitrogens with two attached hydrogens (primary N) is 1. The second-order valence-electron chi connectivity index (χ2n) is 8.03. The van der Waals surface area contributed by atoms with Crippen LogP contribution in [0.2, 0.25) is 0 Å². The van der Waals surface area contributed by atoms with Crippen molar-refractivity contribution in [2.75, 3.05) is 12.4 Å². The second-order valence-corrected chi connectivity index (χ2v) is 9.14. The Labute approximate surface area is 163 Å². The summed E-state index contributed by atoms with van der Waals surface area (Å²) < 4.78 is 5.27. The normalized spacial score (nSPS) is 16.5. The van der Waals surface area contributed by atoms with Gasteiger partial charge in [0, 0.05) is 4.88 Å². The fourth-order valence-electron chi connectivity index (χ4n) is 3.68. The minimum absolute atomic E-state index is 0.204. The summed E-state index contributed by atoms with van der Waals surface area (Å²) in [5.74, 6) is 0.241. The number of anilines is 1. The Bertz CT molecular complexity index is 880. The first-order valence-electron chi connectivity index (χ1n) is 9.11. The Morgan fingerprint density at radius 3 is 2.59 bits per heavy atom. The van der Waals surface area contributed by atoms with Crippen LogP contribution >= 0.6 is 11.3 Å². The van der Waals surface area contributed by atoms with Gasteiger partial charge < -0.3 is 15.8 Å². The number of primary amides is 1. The average Bonchev–Trinajstić information content (AvgIpc) is 2.97. The van der Waals surface area contributed by atoms with Crippen molar-refractivity contribution in [2.45, 2.75) is 40.0 Å². The molecule has 1 heterocycles. The van der Waals surface area contributed by atoms with E-state index in [1.165, 1.54) is 18.4 Å². The summed E-state index contributed by atoms with van der Waals surface area (Å²) in [6, 6.07) is 7.01. The van der Waals surface area contributed by atoms with Crippen molar-refractivity contribution in [1.82, 2.24) is 0 Å². The van der Waals surface area contributed by atoms with Crippen LogP contribution in [0.25, 0.3) is 0 Å². The summed E-state index contributed by atoms with van der Waals surface area (Å²) in [5, 5.41) is 3.43. The molecule has 27 heavy (non-hydrogen) atoms. The average molecular weight is 387 g/mol. The van der Waals surface area contributed by atoms with Gasteiger partial charge in [-0.2, -0.15) is 0 Å².